The molecule has 0 saturated carbocycles. The van der Waals surface area contributed by atoms with Gasteiger partial charge in [0, 0.05) is 5.41 Å². The molecular formula is C49H58. The predicted octanol–water partition coefficient (Wildman–Crippen LogP) is 13.7. The number of benzene rings is 4. The van der Waals surface area contributed by atoms with E-state index in [0.29, 0.717) is 17.8 Å². The second kappa shape index (κ2) is 12.9. The fourth-order valence-corrected chi connectivity index (χ4v) is 9.79. The number of hydrogen-bond donors (Lipinski definition) is 0. The molecule has 0 N–H and O–H groups in total. The van der Waals surface area contributed by atoms with Crippen LogP contribution in [0.15, 0.2) is 96.1 Å². The van der Waals surface area contributed by atoms with Crippen molar-refractivity contribution in [1.82, 2.24) is 0 Å². The number of fused-ring (bicyclic) bond motifs is 8. The summed E-state index contributed by atoms with van der Waals surface area (Å²) >= 11 is 0. The van der Waals surface area contributed by atoms with Crippen molar-refractivity contribution in [2.24, 2.45) is 17.8 Å². The van der Waals surface area contributed by atoms with Gasteiger partial charge in [-0.15, -0.1) is 0 Å². The van der Waals surface area contributed by atoms with Crippen LogP contribution in [0.1, 0.15) is 133 Å². The molecule has 0 amide bonds. The molecule has 0 aliphatic heterocycles. The molecular weight excluding hydrogens is 589 g/mol. The van der Waals surface area contributed by atoms with Crippen molar-refractivity contribution in [1.29, 1.82) is 0 Å². The van der Waals surface area contributed by atoms with E-state index in [-0.39, 0.29) is 10.8 Å². The van der Waals surface area contributed by atoms with Gasteiger partial charge >= 0.3 is 0 Å². The topological polar surface area (TPSA) is 0 Å². The Morgan fingerprint density at radius 1 is 0.735 bits per heavy atom. The first-order chi connectivity index (χ1) is 23.5. The zero-order valence-corrected chi connectivity index (χ0v) is 31.8. The van der Waals surface area contributed by atoms with Gasteiger partial charge in [-0.05, 0) is 152 Å². The Kier molecular flexibility index (Phi) is 8.92. The molecule has 0 nitrogen and oxygen atoms in total. The zero-order valence-electron chi connectivity index (χ0n) is 31.8. The molecule has 3 aliphatic rings. The summed E-state index contributed by atoms with van der Waals surface area (Å²) in [7, 11) is 0. The van der Waals surface area contributed by atoms with Crippen LogP contribution in [0.5, 0.6) is 0 Å². The van der Waals surface area contributed by atoms with Crippen LogP contribution in [0.3, 0.4) is 0 Å². The average molecular weight is 647 g/mol. The van der Waals surface area contributed by atoms with E-state index in [1.54, 1.807) is 16.7 Å². The first kappa shape index (κ1) is 33.8. The highest BCUT2D eigenvalue weighted by Gasteiger charge is 2.46. The van der Waals surface area contributed by atoms with Gasteiger partial charge < -0.3 is 0 Å². The minimum Gasteiger partial charge on any atom is -0.0716 e. The van der Waals surface area contributed by atoms with E-state index in [1.165, 1.54) is 86.5 Å². The maximum atomic E-state index is 2.75. The van der Waals surface area contributed by atoms with Crippen LogP contribution < -0.4 is 0 Å². The Bertz CT molecular complexity index is 1990. The van der Waals surface area contributed by atoms with Crippen LogP contribution in [0.25, 0.3) is 27.5 Å². The number of rotatable bonds is 9. The molecule has 3 aliphatic carbocycles. The number of hydrogen-bond acceptors (Lipinski definition) is 0. The second-order valence-electron chi connectivity index (χ2n) is 16.9. The molecule has 1 spiro atoms. The highest BCUT2D eigenvalue weighted by Crippen LogP contribution is 2.59. The van der Waals surface area contributed by atoms with Crippen molar-refractivity contribution < 1.29 is 0 Å². The van der Waals surface area contributed by atoms with E-state index in [4.69, 9.17) is 0 Å². The van der Waals surface area contributed by atoms with E-state index in [9.17, 15) is 0 Å². The minimum atomic E-state index is -0.169. The molecule has 4 aromatic carbocycles. The van der Waals surface area contributed by atoms with Crippen LogP contribution in [0.4, 0.5) is 0 Å². The SMILES string of the molecule is CCC(CC)C1=CC2(CC(C(CC)CC)=C1)c1ccc(C3=CCc4cc(CC(C)C)ccc43)cc1-c1cc(C(C)(C)C)c3ccccc3c12. The molecule has 0 fully saturated rings. The van der Waals surface area contributed by atoms with Crippen molar-refractivity contribution in [2.45, 2.75) is 118 Å². The Balaban J connectivity index is 1.49. The monoisotopic (exact) mass is 646 g/mol. The average Bonchev–Trinajstić information content (AvgIpc) is 3.61. The van der Waals surface area contributed by atoms with Crippen molar-refractivity contribution in [2.75, 3.05) is 0 Å². The third kappa shape index (κ3) is 5.68. The predicted molar refractivity (Wildman–Crippen MR) is 214 cm³/mol. The molecule has 1 unspecified atom stereocenters. The Morgan fingerprint density at radius 3 is 2.12 bits per heavy atom. The lowest BCUT2D eigenvalue weighted by molar-refractivity contribution is 0.491. The van der Waals surface area contributed by atoms with Gasteiger partial charge in [-0.2, -0.15) is 0 Å². The molecule has 0 heteroatoms. The summed E-state index contributed by atoms with van der Waals surface area (Å²) in [5, 5.41) is 2.86. The Morgan fingerprint density at radius 2 is 1.45 bits per heavy atom. The van der Waals surface area contributed by atoms with E-state index in [1.807, 2.05) is 0 Å². The van der Waals surface area contributed by atoms with Crippen molar-refractivity contribution in [3.8, 4) is 11.1 Å². The van der Waals surface area contributed by atoms with Crippen LogP contribution >= 0.6 is 0 Å². The summed E-state index contributed by atoms with van der Waals surface area (Å²) in [5.74, 6) is 1.86. The second-order valence-corrected chi connectivity index (χ2v) is 16.9. The van der Waals surface area contributed by atoms with E-state index in [0.717, 1.165) is 19.3 Å². The summed E-state index contributed by atoms with van der Waals surface area (Å²) in [6.45, 7) is 21.3. The Labute approximate surface area is 297 Å². The quantitative estimate of drug-likeness (QED) is 0.170. The highest BCUT2D eigenvalue weighted by molar-refractivity contribution is 6.02. The normalized spacial score (nSPS) is 18.3. The first-order valence-corrected chi connectivity index (χ1v) is 19.5. The van der Waals surface area contributed by atoms with Crippen LogP contribution in [-0.4, -0.2) is 0 Å². The molecule has 4 aromatic rings. The molecule has 0 radical (unpaired) electrons. The van der Waals surface area contributed by atoms with Gasteiger partial charge in [-0.1, -0.05) is 141 Å². The molecule has 0 saturated heterocycles. The van der Waals surface area contributed by atoms with Crippen molar-refractivity contribution >= 4 is 16.3 Å². The third-order valence-electron chi connectivity index (χ3n) is 12.2. The summed E-state index contributed by atoms with van der Waals surface area (Å²) in [6.07, 6.45) is 15.9. The van der Waals surface area contributed by atoms with Gasteiger partial charge in [0.05, 0.1) is 0 Å². The maximum absolute atomic E-state index is 2.75. The molecule has 0 aromatic heterocycles. The minimum absolute atomic E-state index is 0.0342. The van der Waals surface area contributed by atoms with Crippen LogP contribution in [-0.2, 0) is 23.7 Å². The van der Waals surface area contributed by atoms with Gasteiger partial charge in [0.2, 0.25) is 0 Å². The third-order valence-corrected chi connectivity index (χ3v) is 12.2. The van der Waals surface area contributed by atoms with E-state index in [2.05, 4.69) is 147 Å². The fraction of sp³-hybridized carbons (Fsp3) is 0.429. The van der Waals surface area contributed by atoms with Gasteiger partial charge in [-0.25, -0.2) is 0 Å². The summed E-state index contributed by atoms with van der Waals surface area (Å²) in [4.78, 5) is 0. The van der Waals surface area contributed by atoms with Gasteiger partial charge in [0.25, 0.3) is 0 Å². The van der Waals surface area contributed by atoms with E-state index >= 15 is 0 Å². The molecule has 0 heterocycles. The molecule has 7 rings (SSSR count). The van der Waals surface area contributed by atoms with Gasteiger partial charge in [-0.3, -0.25) is 0 Å². The smallest absolute Gasteiger partial charge is 0.0443 e. The van der Waals surface area contributed by atoms with E-state index < -0.39 is 0 Å². The maximum Gasteiger partial charge on any atom is 0.0443 e. The largest absolute Gasteiger partial charge is 0.0716 e. The molecule has 1 atom stereocenters. The summed E-state index contributed by atoms with van der Waals surface area (Å²) in [5.41, 5.74) is 17.6. The highest BCUT2D eigenvalue weighted by atomic mass is 14.5. The van der Waals surface area contributed by atoms with Gasteiger partial charge in [0.1, 0.15) is 0 Å². The zero-order chi connectivity index (χ0) is 34.7. The van der Waals surface area contributed by atoms with Crippen molar-refractivity contribution in [3.05, 3.63) is 135 Å². The Hall–Kier alpha value is -3.64. The summed E-state index contributed by atoms with van der Waals surface area (Å²) < 4.78 is 0. The molecule has 49 heavy (non-hydrogen) atoms. The standard InChI is InChI=1S/C49H58/c1-10-33(11-2)37-26-38(34(12-3)13-4)30-49(29-37)45-23-20-36(40-22-19-35-25-32(24-31(5)6)18-21-39(35)40)27-43(45)44-28-46(48(7,8)9)41-16-14-15-17-42(41)47(44)49/h14-18,20-23,25-29,31,33-34H,10-13,19,24,30H2,1-9H3. The number of allylic oxidation sites excluding steroid dienone is 5. The molecule has 0 bridgehead atoms. The first-order valence-electron chi connectivity index (χ1n) is 19.5. The summed E-state index contributed by atoms with van der Waals surface area (Å²) in [6, 6.07) is 26.8. The van der Waals surface area contributed by atoms with Gasteiger partial charge in [0.15, 0.2) is 0 Å². The fourth-order valence-electron chi connectivity index (χ4n) is 9.79. The lowest BCUT2D eigenvalue weighted by Gasteiger charge is -2.39. The van der Waals surface area contributed by atoms with Crippen LogP contribution in [0.2, 0.25) is 0 Å². The lowest BCUT2D eigenvalue weighted by atomic mass is 9.64. The lowest BCUT2D eigenvalue weighted by Crippen LogP contribution is -2.29. The molecule has 254 valence electrons. The van der Waals surface area contributed by atoms with Crippen molar-refractivity contribution in [3.63, 3.8) is 0 Å². The van der Waals surface area contributed by atoms with Crippen LogP contribution in [0, 0.1) is 17.8 Å².